The van der Waals surface area contributed by atoms with E-state index in [0.29, 0.717) is 0 Å². The fourth-order valence-electron chi connectivity index (χ4n) is 3.01. The maximum atomic E-state index is 12.0. The molecule has 20 heavy (non-hydrogen) atoms. The normalized spacial score (nSPS) is 16.6. The highest BCUT2D eigenvalue weighted by Gasteiger charge is 2.20. The molecule has 3 nitrogen and oxygen atoms in total. The van der Waals surface area contributed by atoms with E-state index in [9.17, 15) is 4.79 Å². The Hall–Kier alpha value is -1.64. The zero-order chi connectivity index (χ0) is 14.5. The Morgan fingerprint density at radius 1 is 1.15 bits per heavy atom. The third kappa shape index (κ3) is 3.69. The molecular formula is C17H24N2O. The summed E-state index contributed by atoms with van der Waals surface area (Å²) in [7, 11) is 0. The number of carbonyl (C=O) groups excluding carboxylic acids is 1. The van der Waals surface area contributed by atoms with Crippen molar-refractivity contribution in [1.82, 2.24) is 5.43 Å². The molecule has 0 atom stereocenters. The summed E-state index contributed by atoms with van der Waals surface area (Å²) in [5, 5.41) is 4.14. The van der Waals surface area contributed by atoms with Gasteiger partial charge < -0.3 is 0 Å². The van der Waals surface area contributed by atoms with E-state index < -0.39 is 0 Å². The van der Waals surface area contributed by atoms with Gasteiger partial charge in [0.05, 0.1) is 6.21 Å². The van der Waals surface area contributed by atoms with Gasteiger partial charge in [0.25, 0.3) is 0 Å². The van der Waals surface area contributed by atoms with Gasteiger partial charge in [-0.25, -0.2) is 5.43 Å². The van der Waals surface area contributed by atoms with Crippen LogP contribution in [0.25, 0.3) is 0 Å². The monoisotopic (exact) mass is 272 g/mol. The molecule has 0 aromatic heterocycles. The van der Waals surface area contributed by atoms with Crippen molar-refractivity contribution in [3.63, 3.8) is 0 Å². The van der Waals surface area contributed by atoms with Gasteiger partial charge in [0.2, 0.25) is 5.91 Å². The molecule has 108 valence electrons. The predicted octanol–water partition coefficient (Wildman–Crippen LogP) is 3.64. The van der Waals surface area contributed by atoms with Gasteiger partial charge in [0.15, 0.2) is 0 Å². The molecule has 1 aliphatic carbocycles. The van der Waals surface area contributed by atoms with E-state index in [1.165, 1.54) is 23.1 Å². The number of nitrogens with zero attached hydrogens (tertiary/aromatic N) is 1. The van der Waals surface area contributed by atoms with Gasteiger partial charge >= 0.3 is 0 Å². The van der Waals surface area contributed by atoms with E-state index in [1.54, 1.807) is 6.21 Å². The molecule has 0 saturated heterocycles. The molecule has 0 unspecified atom stereocenters. The average molecular weight is 272 g/mol. The number of nitrogens with one attached hydrogen (secondary N) is 1. The minimum absolute atomic E-state index is 0.0726. The van der Waals surface area contributed by atoms with Gasteiger partial charge in [-0.3, -0.25) is 4.79 Å². The molecule has 1 saturated carbocycles. The SMILES string of the molecule is Cc1cc(C)c(C=NNC(=O)C2CCCCC2)c(C)c1. The molecule has 0 spiro atoms. The van der Waals surface area contributed by atoms with Crippen LogP contribution in [0.2, 0.25) is 0 Å². The van der Waals surface area contributed by atoms with E-state index in [2.05, 4.69) is 43.4 Å². The first-order valence-electron chi connectivity index (χ1n) is 7.48. The second-order valence-electron chi connectivity index (χ2n) is 5.88. The third-order valence-electron chi connectivity index (χ3n) is 4.08. The summed E-state index contributed by atoms with van der Waals surface area (Å²) >= 11 is 0. The minimum Gasteiger partial charge on any atom is -0.273 e. The van der Waals surface area contributed by atoms with Gasteiger partial charge in [-0.15, -0.1) is 0 Å². The molecule has 1 N–H and O–H groups in total. The van der Waals surface area contributed by atoms with Crippen LogP contribution in [0.1, 0.15) is 54.4 Å². The molecular weight excluding hydrogens is 248 g/mol. The molecule has 3 heteroatoms. The quantitative estimate of drug-likeness (QED) is 0.662. The first-order valence-corrected chi connectivity index (χ1v) is 7.48. The Kier molecular flexibility index (Phi) is 4.94. The van der Waals surface area contributed by atoms with Crippen molar-refractivity contribution >= 4 is 12.1 Å². The zero-order valence-electron chi connectivity index (χ0n) is 12.7. The minimum atomic E-state index is 0.0726. The van der Waals surface area contributed by atoms with Crippen molar-refractivity contribution in [2.75, 3.05) is 0 Å². The van der Waals surface area contributed by atoms with E-state index in [0.717, 1.165) is 31.2 Å². The van der Waals surface area contributed by atoms with E-state index >= 15 is 0 Å². The Morgan fingerprint density at radius 2 is 1.75 bits per heavy atom. The number of amides is 1. The van der Waals surface area contributed by atoms with Crippen molar-refractivity contribution in [1.29, 1.82) is 0 Å². The lowest BCUT2D eigenvalue weighted by Crippen LogP contribution is -2.28. The maximum absolute atomic E-state index is 12.0. The molecule has 1 amide bonds. The summed E-state index contributed by atoms with van der Waals surface area (Å²) in [6, 6.07) is 4.27. The lowest BCUT2D eigenvalue weighted by molar-refractivity contribution is -0.125. The van der Waals surface area contributed by atoms with Crippen molar-refractivity contribution in [3.8, 4) is 0 Å². The van der Waals surface area contributed by atoms with Gasteiger partial charge in [-0.1, -0.05) is 37.0 Å². The van der Waals surface area contributed by atoms with Crippen LogP contribution in [0.15, 0.2) is 17.2 Å². The predicted molar refractivity (Wildman–Crippen MR) is 83.0 cm³/mol. The van der Waals surface area contributed by atoms with Crippen LogP contribution in [0, 0.1) is 26.7 Å². The Bertz CT molecular complexity index is 491. The highest BCUT2D eigenvalue weighted by Crippen LogP contribution is 2.23. The summed E-state index contributed by atoms with van der Waals surface area (Å²) in [6.07, 6.45) is 7.36. The summed E-state index contributed by atoms with van der Waals surface area (Å²) in [6.45, 7) is 6.24. The van der Waals surface area contributed by atoms with E-state index in [1.807, 2.05) is 0 Å². The zero-order valence-corrected chi connectivity index (χ0v) is 12.7. The van der Waals surface area contributed by atoms with Gasteiger partial charge in [-0.05, 0) is 44.7 Å². The maximum Gasteiger partial charge on any atom is 0.243 e. The summed E-state index contributed by atoms with van der Waals surface area (Å²) in [5.41, 5.74) is 7.44. The number of benzene rings is 1. The first-order chi connectivity index (χ1) is 9.58. The van der Waals surface area contributed by atoms with Crippen LogP contribution in [-0.2, 0) is 4.79 Å². The number of hydrazone groups is 1. The lowest BCUT2D eigenvalue weighted by Gasteiger charge is -2.19. The van der Waals surface area contributed by atoms with E-state index in [4.69, 9.17) is 0 Å². The van der Waals surface area contributed by atoms with Crippen LogP contribution >= 0.6 is 0 Å². The molecule has 0 bridgehead atoms. The molecule has 1 aromatic rings. The molecule has 2 rings (SSSR count). The van der Waals surface area contributed by atoms with Gasteiger partial charge in [0, 0.05) is 11.5 Å². The number of hydrogen-bond donors (Lipinski definition) is 1. The fraction of sp³-hybridized carbons (Fsp3) is 0.529. The fourth-order valence-corrected chi connectivity index (χ4v) is 3.01. The van der Waals surface area contributed by atoms with Crippen LogP contribution in [0.3, 0.4) is 0 Å². The molecule has 1 aromatic carbocycles. The molecule has 0 radical (unpaired) electrons. The van der Waals surface area contributed by atoms with Crippen LogP contribution in [0.4, 0.5) is 0 Å². The van der Waals surface area contributed by atoms with Crippen molar-refractivity contribution in [2.45, 2.75) is 52.9 Å². The second kappa shape index (κ2) is 6.69. The highest BCUT2D eigenvalue weighted by molar-refractivity contribution is 5.86. The number of hydrogen-bond acceptors (Lipinski definition) is 2. The highest BCUT2D eigenvalue weighted by atomic mass is 16.2. The van der Waals surface area contributed by atoms with Crippen LogP contribution in [-0.4, -0.2) is 12.1 Å². The largest absolute Gasteiger partial charge is 0.273 e. The van der Waals surface area contributed by atoms with Gasteiger partial charge in [0.1, 0.15) is 0 Å². The van der Waals surface area contributed by atoms with Crippen LogP contribution < -0.4 is 5.43 Å². The first kappa shape index (κ1) is 14.8. The second-order valence-corrected chi connectivity index (χ2v) is 5.88. The molecule has 0 heterocycles. The van der Waals surface area contributed by atoms with Crippen molar-refractivity contribution in [2.24, 2.45) is 11.0 Å². The average Bonchev–Trinajstić information content (AvgIpc) is 2.42. The summed E-state index contributed by atoms with van der Waals surface area (Å²) in [5.74, 6) is 0.226. The van der Waals surface area contributed by atoms with Gasteiger partial charge in [-0.2, -0.15) is 5.10 Å². The van der Waals surface area contributed by atoms with Crippen LogP contribution in [0.5, 0.6) is 0 Å². The molecule has 1 aliphatic rings. The number of carbonyl (C=O) groups is 1. The van der Waals surface area contributed by atoms with E-state index in [-0.39, 0.29) is 11.8 Å². The summed E-state index contributed by atoms with van der Waals surface area (Å²) in [4.78, 5) is 12.0. The number of aryl methyl sites for hydroxylation is 3. The third-order valence-corrected chi connectivity index (χ3v) is 4.08. The Balaban J connectivity index is 1.98. The van der Waals surface area contributed by atoms with Crippen molar-refractivity contribution < 1.29 is 4.79 Å². The number of rotatable bonds is 3. The topological polar surface area (TPSA) is 41.5 Å². The van der Waals surface area contributed by atoms with Crippen molar-refractivity contribution in [3.05, 3.63) is 34.4 Å². The Morgan fingerprint density at radius 3 is 2.35 bits per heavy atom. The molecule has 0 aliphatic heterocycles. The summed E-state index contributed by atoms with van der Waals surface area (Å²) < 4.78 is 0. The standard InChI is InChI=1S/C17H24N2O/c1-12-9-13(2)16(14(3)10-12)11-18-19-17(20)15-7-5-4-6-8-15/h9-11,15H,4-8H2,1-3H3,(H,19,20). The lowest BCUT2D eigenvalue weighted by atomic mass is 9.89. The smallest absolute Gasteiger partial charge is 0.243 e. The Labute approximate surface area is 121 Å². The molecule has 1 fully saturated rings.